The van der Waals surface area contributed by atoms with Gasteiger partial charge in [-0.25, -0.2) is 0 Å². The summed E-state index contributed by atoms with van der Waals surface area (Å²) in [5.74, 6) is 1.88. The number of benzene rings is 1. The predicted octanol–water partition coefficient (Wildman–Crippen LogP) is 4.60. The molecule has 0 saturated heterocycles. The van der Waals surface area contributed by atoms with Crippen molar-refractivity contribution in [1.82, 2.24) is 0 Å². The Kier molecular flexibility index (Phi) is 8.01. The molecule has 1 aliphatic rings. The Morgan fingerprint density at radius 1 is 1.25 bits per heavy atom. The molecule has 0 amide bonds. The molecule has 0 unspecified atom stereocenters. The third-order valence-electron chi connectivity index (χ3n) is 5.28. The lowest BCUT2D eigenvalue weighted by molar-refractivity contribution is 0.280. The van der Waals surface area contributed by atoms with Crippen LogP contribution in [0.15, 0.2) is 30.4 Å². The smallest absolute Gasteiger partial charge is 0.0431 e. The number of aryl methyl sites for hydroxylation is 1. The molecule has 3 N–H and O–H groups in total. The topological polar surface area (TPSA) is 46.2 Å². The van der Waals surface area contributed by atoms with Crippen molar-refractivity contribution >= 4 is 0 Å². The van der Waals surface area contributed by atoms with E-state index in [4.69, 9.17) is 10.8 Å². The summed E-state index contributed by atoms with van der Waals surface area (Å²) < 4.78 is 0. The summed E-state index contributed by atoms with van der Waals surface area (Å²) in [5.41, 5.74) is 10.3. The third-order valence-corrected chi connectivity index (χ3v) is 5.28. The van der Waals surface area contributed by atoms with Crippen molar-refractivity contribution in [3.05, 3.63) is 47.0 Å². The Balaban J connectivity index is 1.95. The van der Waals surface area contributed by atoms with Crippen molar-refractivity contribution in [2.45, 2.75) is 64.7 Å². The number of hydrogen-bond acceptors (Lipinski definition) is 2. The quantitative estimate of drug-likeness (QED) is 0.650. The highest BCUT2D eigenvalue weighted by atomic mass is 16.2. The average Bonchev–Trinajstić information content (AvgIpc) is 2.59. The normalized spacial score (nSPS) is 19.0. The van der Waals surface area contributed by atoms with E-state index < -0.39 is 0 Å². The zero-order chi connectivity index (χ0) is 17.4. The van der Waals surface area contributed by atoms with Crippen LogP contribution in [-0.4, -0.2) is 18.3 Å². The summed E-state index contributed by atoms with van der Waals surface area (Å²) in [4.78, 5) is 0. The van der Waals surface area contributed by atoms with Gasteiger partial charge in [-0.15, -0.1) is 0 Å². The summed E-state index contributed by atoms with van der Waals surface area (Å²) in [5, 5.41) is 9.05. The summed E-state index contributed by atoms with van der Waals surface area (Å²) in [7, 11) is 0. The molecule has 0 aromatic heterocycles. The minimum atomic E-state index is 0.256. The lowest BCUT2D eigenvalue weighted by atomic mass is 9.81. The second kappa shape index (κ2) is 10.0. The largest absolute Gasteiger partial charge is 0.396 e. The molecule has 134 valence electrons. The molecule has 2 rings (SSSR count). The van der Waals surface area contributed by atoms with Crippen LogP contribution in [0.1, 0.15) is 68.6 Å². The van der Waals surface area contributed by atoms with Crippen molar-refractivity contribution in [1.29, 1.82) is 0 Å². The number of rotatable bonds is 9. The molecule has 0 spiro atoms. The van der Waals surface area contributed by atoms with Gasteiger partial charge in [-0.1, -0.05) is 44.2 Å². The predicted molar refractivity (Wildman–Crippen MR) is 103 cm³/mol. The van der Waals surface area contributed by atoms with Gasteiger partial charge in [-0.05, 0) is 85.9 Å². The highest BCUT2D eigenvalue weighted by Gasteiger charge is 2.18. The third kappa shape index (κ3) is 5.75. The van der Waals surface area contributed by atoms with Crippen molar-refractivity contribution in [3.8, 4) is 0 Å². The van der Waals surface area contributed by atoms with E-state index in [-0.39, 0.29) is 6.61 Å². The standard InChI is InChI=1S/C22H35NO/c1-17(2)6-3-4-7-18-9-10-20-15-21(12-11-19(20)14-18)22(16-23)8-5-13-24/h4,7,11-12,15,17-18,22,24H,3,5-6,8-10,13-14,16,23H2,1-2H3/b7-4+/t18-,22+/m1/s1. The molecule has 24 heavy (non-hydrogen) atoms. The van der Waals surface area contributed by atoms with Crippen LogP contribution in [-0.2, 0) is 12.8 Å². The van der Waals surface area contributed by atoms with E-state index in [0.717, 1.165) is 18.8 Å². The van der Waals surface area contributed by atoms with E-state index in [9.17, 15) is 0 Å². The van der Waals surface area contributed by atoms with Gasteiger partial charge in [-0.2, -0.15) is 0 Å². The van der Waals surface area contributed by atoms with Gasteiger partial charge in [0, 0.05) is 6.61 Å². The van der Waals surface area contributed by atoms with Crippen LogP contribution in [0.25, 0.3) is 0 Å². The number of aliphatic hydroxyl groups excluding tert-OH is 1. The molecule has 2 nitrogen and oxygen atoms in total. The molecule has 0 aliphatic heterocycles. The first kappa shape index (κ1) is 19.2. The van der Waals surface area contributed by atoms with E-state index in [1.807, 2.05) is 0 Å². The van der Waals surface area contributed by atoms with Gasteiger partial charge in [0.1, 0.15) is 0 Å². The molecule has 0 fully saturated rings. The minimum absolute atomic E-state index is 0.256. The van der Waals surface area contributed by atoms with Crippen molar-refractivity contribution in [3.63, 3.8) is 0 Å². The first-order valence-electron chi connectivity index (χ1n) is 9.73. The van der Waals surface area contributed by atoms with Crippen molar-refractivity contribution < 1.29 is 5.11 Å². The molecule has 0 heterocycles. The molecule has 0 saturated carbocycles. The van der Waals surface area contributed by atoms with Gasteiger partial charge < -0.3 is 10.8 Å². The average molecular weight is 330 g/mol. The molecule has 2 heteroatoms. The SMILES string of the molecule is CC(C)CC/C=C/[C@@H]1CCc2cc([C@H](CN)CCCO)ccc2C1. The summed E-state index contributed by atoms with van der Waals surface area (Å²) in [6.45, 7) is 5.50. The van der Waals surface area contributed by atoms with Crippen molar-refractivity contribution in [2.24, 2.45) is 17.6 Å². The van der Waals surface area contributed by atoms with Crippen LogP contribution < -0.4 is 5.73 Å². The maximum absolute atomic E-state index is 9.05. The van der Waals surface area contributed by atoms with Crippen LogP contribution in [0.2, 0.25) is 0 Å². The fraction of sp³-hybridized carbons (Fsp3) is 0.636. The van der Waals surface area contributed by atoms with Gasteiger partial charge in [0.2, 0.25) is 0 Å². The summed E-state index contributed by atoms with van der Waals surface area (Å²) in [6.07, 6.45) is 12.8. The number of allylic oxidation sites excluding steroid dienone is 2. The van der Waals surface area contributed by atoms with Crippen molar-refractivity contribution in [2.75, 3.05) is 13.2 Å². The zero-order valence-corrected chi connectivity index (χ0v) is 15.5. The van der Waals surface area contributed by atoms with Crippen LogP contribution in [0, 0.1) is 11.8 Å². The first-order valence-corrected chi connectivity index (χ1v) is 9.73. The van der Waals surface area contributed by atoms with E-state index in [1.54, 1.807) is 0 Å². The second-order valence-corrected chi connectivity index (χ2v) is 7.73. The van der Waals surface area contributed by atoms with E-state index in [2.05, 4.69) is 44.2 Å². The molecule has 1 aromatic rings. The lowest BCUT2D eigenvalue weighted by Crippen LogP contribution is -2.16. The van der Waals surface area contributed by atoms with Gasteiger partial charge in [0.05, 0.1) is 0 Å². The molecule has 0 radical (unpaired) electrons. The molecular weight excluding hydrogens is 294 g/mol. The minimum Gasteiger partial charge on any atom is -0.396 e. The van der Waals surface area contributed by atoms with Crippen LogP contribution >= 0.6 is 0 Å². The van der Waals surface area contributed by atoms with Gasteiger partial charge >= 0.3 is 0 Å². The van der Waals surface area contributed by atoms with E-state index in [0.29, 0.717) is 18.4 Å². The highest BCUT2D eigenvalue weighted by Crippen LogP contribution is 2.30. The van der Waals surface area contributed by atoms with Crippen LogP contribution in [0.3, 0.4) is 0 Å². The molecule has 1 aliphatic carbocycles. The summed E-state index contributed by atoms with van der Waals surface area (Å²) in [6, 6.07) is 6.96. The number of nitrogens with two attached hydrogens (primary N) is 1. The number of aliphatic hydroxyl groups is 1. The highest BCUT2D eigenvalue weighted by molar-refractivity contribution is 5.36. The maximum atomic E-state index is 9.05. The fourth-order valence-electron chi connectivity index (χ4n) is 3.70. The lowest BCUT2D eigenvalue weighted by Gasteiger charge is -2.24. The number of fused-ring (bicyclic) bond motifs is 1. The monoisotopic (exact) mass is 329 g/mol. The zero-order valence-electron chi connectivity index (χ0n) is 15.5. The maximum Gasteiger partial charge on any atom is 0.0431 e. The second-order valence-electron chi connectivity index (χ2n) is 7.73. The number of hydrogen-bond donors (Lipinski definition) is 2. The van der Waals surface area contributed by atoms with E-state index >= 15 is 0 Å². The molecule has 2 atom stereocenters. The molecule has 0 bridgehead atoms. The van der Waals surface area contributed by atoms with E-state index in [1.165, 1.54) is 48.8 Å². The Hall–Kier alpha value is -1.12. The Bertz CT molecular complexity index is 521. The summed E-state index contributed by atoms with van der Waals surface area (Å²) >= 11 is 0. The van der Waals surface area contributed by atoms with Gasteiger partial charge in [0.25, 0.3) is 0 Å². The molecular formula is C22H35NO. The van der Waals surface area contributed by atoms with Crippen LogP contribution in [0.5, 0.6) is 0 Å². The van der Waals surface area contributed by atoms with Crippen LogP contribution in [0.4, 0.5) is 0 Å². The van der Waals surface area contributed by atoms with Gasteiger partial charge in [-0.3, -0.25) is 0 Å². The Morgan fingerprint density at radius 3 is 2.79 bits per heavy atom. The fourth-order valence-corrected chi connectivity index (χ4v) is 3.70. The Labute approximate surface area is 148 Å². The molecule has 1 aromatic carbocycles. The Morgan fingerprint density at radius 2 is 2.08 bits per heavy atom. The first-order chi connectivity index (χ1) is 11.6. The van der Waals surface area contributed by atoms with Gasteiger partial charge in [0.15, 0.2) is 0 Å².